The van der Waals surface area contributed by atoms with Gasteiger partial charge in [-0.15, -0.1) is 0 Å². The van der Waals surface area contributed by atoms with Crippen molar-refractivity contribution in [2.75, 3.05) is 6.61 Å². The summed E-state index contributed by atoms with van der Waals surface area (Å²) in [4.78, 5) is 41.4. The average Bonchev–Trinajstić information content (AvgIpc) is 3.21. The molecule has 0 bridgehead atoms. The molecule has 4 rings (SSSR count). The van der Waals surface area contributed by atoms with Crippen molar-refractivity contribution in [3.63, 3.8) is 0 Å². The number of ether oxygens (including phenoxy) is 1. The first-order valence-corrected chi connectivity index (χ1v) is 9.87. The van der Waals surface area contributed by atoms with E-state index < -0.39 is 17.2 Å². The zero-order valence-corrected chi connectivity index (χ0v) is 17.3. The van der Waals surface area contributed by atoms with E-state index in [1.165, 1.54) is 17.9 Å². The van der Waals surface area contributed by atoms with Crippen LogP contribution in [0.25, 0.3) is 11.2 Å². The second kappa shape index (κ2) is 8.43. The SMILES string of the molecule is Cn1c(=O)c2c(ncn2CCOC(=O)c2ccccc2Cc2ccccc2)n(C)c1=O. The predicted octanol–water partition coefficient (Wildman–Crippen LogP) is 1.88. The summed E-state index contributed by atoms with van der Waals surface area (Å²) < 4.78 is 9.44. The summed E-state index contributed by atoms with van der Waals surface area (Å²) in [5.41, 5.74) is 2.22. The number of aryl methyl sites for hydroxylation is 1. The fourth-order valence-electron chi connectivity index (χ4n) is 3.57. The van der Waals surface area contributed by atoms with Gasteiger partial charge < -0.3 is 9.30 Å². The van der Waals surface area contributed by atoms with Gasteiger partial charge in [0.25, 0.3) is 5.56 Å². The van der Waals surface area contributed by atoms with Crippen LogP contribution >= 0.6 is 0 Å². The Hall–Kier alpha value is -3.94. The first-order valence-electron chi connectivity index (χ1n) is 9.87. The number of hydrogen-bond donors (Lipinski definition) is 0. The average molecular weight is 418 g/mol. The molecule has 0 unspecified atom stereocenters. The van der Waals surface area contributed by atoms with E-state index in [0.29, 0.717) is 23.1 Å². The molecule has 158 valence electrons. The molecule has 0 fully saturated rings. The number of rotatable bonds is 6. The van der Waals surface area contributed by atoms with E-state index in [2.05, 4.69) is 4.98 Å². The molecule has 0 spiro atoms. The lowest BCUT2D eigenvalue weighted by molar-refractivity contribution is 0.0491. The molecule has 0 amide bonds. The standard InChI is InChI=1S/C23H22N4O4/c1-25-20-19(21(28)26(2)23(25)30)27(15-24-20)12-13-31-22(29)18-11-7-6-10-17(18)14-16-8-4-3-5-9-16/h3-11,15H,12-14H2,1-2H3. The lowest BCUT2D eigenvalue weighted by atomic mass is 10.00. The summed E-state index contributed by atoms with van der Waals surface area (Å²) in [7, 11) is 2.98. The highest BCUT2D eigenvalue weighted by molar-refractivity contribution is 5.91. The molecule has 4 aromatic rings. The van der Waals surface area contributed by atoms with E-state index in [4.69, 9.17) is 4.74 Å². The molecule has 0 aliphatic heterocycles. The Morgan fingerprint density at radius 2 is 1.68 bits per heavy atom. The summed E-state index contributed by atoms with van der Waals surface area (Å²) in [6.45, 7) is 0.312. The number of carbonyl (C=O) groups excluding carboxylic acids is 1. The van der Waals surface area contributed by atoms with Gasteiger partial charge in [-0.3, -0.25) is 13.9 Å². The largest absolute Gasteiger partial charge is 0.460 e. The van der Waals surface area contributed by atoms with Gasteiger partial charge in [0, 0.05) is 14.1 Å². The van der Waals surface area contributed by atoms with Gasteiger partial charge in [-0.05, 0) is 23.6 Å². The van der Waals surface area contributed by atoms with Crippen LogP contribution in [0.15, 0.2) is 70.5 Å². The molecule has 8 heteroatoms. The highest BCUT2D eigenvalue weighted by Crippen LogP contribution is 2.16. The zero-order chi connectivity index (χ0) is 22.0. The van der Waals surface area contributed by atoms with Crippen LogP contribution in [-0.2, 0) is 31.8 Å². The van der Waals surface area contributed by atoms with Gasteiger partial charge >= 0.3 is 11.7 Å². The summed E-state index contributed by atoms with van der Waals surface area (Å²) in [5.74, 6) is -0.420. The Bertz CT molecular complexity index is 1370. The maximum Gasteiger partial charge on any atom is 0.338 e. The third-order valence-corrected chi connectivity index (χ3v) is 5.26. The van der Waals surface area contributed by atoms with Crippen LogP contribution in [-0.4, -0.2) is 31.3 Å². The predicted molar refractivity (Wildman–Crippen MR) is 116 cm³/mol. The van der Waals surface area contributed by atoms with E-state index >= 15 is 0 Å². The number of fused-ring (bicyclic) bond motifs is 1. The van der Waals surface area contributed by atoms with Crippen molar-refractivity contribution in [3.05, 3.63) is 98.5 Å². The van der Waals surface area contributed by atoms with Gasteiger partial charge in [0.05, 0.1) is 18.4 Å². The van der Waals surface area contributed by atoms with Crippen molar-refractivity contribution in [1.29, 1.82) is 0 Å². The molecule has 0 atom stereocenters. The van der Waals surface area contributed by atoms with E-state index in [1.807, 2.05) is 42.5 Å². The van der Waals surface area contributed by atoms with Gasteiger partial charge in [-0.1, -0.05) is 48.5 Å². The lowest BCUT2D eigenvalue weighted by Crippen LogP contribution is -2.37. The van der Waals surface area contributed by atoms with Gasteiger partial charge in [-0.2, -0.15) is 0 Å². The quantitative estimate of drug-likeness (QED) is 0.446. The number of nitrogens with zero attached hydrogens (tertiary/aromatic N) is 4. The Morgan fingerprint density at radius 3 is 2.45 bits per heavy atom. The Labute approximate surface area is 178 Å². The molecule has 2 aromatic heterocycles. The molecular weight excluding hydrogens is 396 g/mol. The number of aromatic nitrogens is 4. The second-order valence-corrected chi connectivity index (χ2v) is 7.27. The molecule has 0 saturated heterocycles. The van der Waals surface area contributed by atoms with Crippen molar-refractivity contribution < 1.29 is 9.53 Å². The highest BCUT2D eigenvalue weighted by Gasteiger charge is 2.16. The molecule has 0 aliphatic rings. The molecule has 0 aliphatic carbocycles. The molecule has 2 heterocycles. The molecule has 0 N–H and O–H groups in total. The first-order chi connectivity index (χ1) is 15.0. The van der Waals surface area contributed by atoms with E-state index in [9.17, 15) is 14.4 Å². The van der Waals surface area contributed by atoms with E-state index in [1.54, 1.807) is 23.7 Å². The molecule has 2 aromatic carbocycles. The van der Waals surface area contributed by atoms with Crippen LogP contribution in [0.5, 0.6) is 0 Å². The monoisotopic (exact) mass is 418 g/mol. The van der Waals surface area contributed by atoms with Crippen LogP contribution in [0, 0.1) is 0 Å². The van der Waals surface area contributed by atoms with Crippen molar-refractivity contribution in [1.82, 2.24) is 18.7 Å². The summed E-state index contributed by atoms with van der Waals surface area (Å²) >= 11 is 0. The number of carbonyl (C=O) groups is 1. The van der Waals surface area contributed by atoms with Gasteiger partial charge in [0.15, 0.2) is 11.2 Å². The zero-order valence-electron chi connectivity index (χ0n) is 17.3. The number of imidazole rings is 1. The van der Waals surface area contributed by atoms with Crippen molar-refractivity contribution in [2.24, 2.45) is 14.1 Å². The molecule has 0 saturated carbocycles. The second-order valence-electron chi connectivity index (χ2n) is 7.27. The Kier molecular flexibility index (Phi) is 5.53. The summed E-state index contributed by atoms with van der Waals surface area (Å²) in [5, 5.41) is 0. The molecule has 8 nitrogen and oxygen atoms in total. The highest BCUT2D eigenvalue weighted by atomic mass is 16.5. The smallest absolute Gasteiger partial charge is 0.338 e. The molecule has 0 radical (unpaired) electrons. The van der Waals surface area contributed by atoms with Crippen molar-refractivity contribution >= 4 is 17.1 Å². The topological polar surface area (TPSA) is 88.1 Å². The third-order valence-electron chi connectivity index (χ3n) is 5.26. The van der Waals surface area contributed by atoms with Gasteiger partial charge in [0.1, 0.15) is 6.61 Å². The van der Waals surface area contributed by atoms with Gasteiger partial charge in [-0.25, -0.2) is 14.6 Å². The Morgan fingerprint density at radius 1 is 0.968 bits per heavy atom. The number of benzene rings is 2. The van der Waals surface area contributed by atoms with Crippen LogP contribution < -0.4 is 11.2 Å². The number of hydrogen-bond acceptors (Lipinski definition) is 5. The normalized spacial score (nSPS) is 11.0. The first kappa shape index (κ1) is 20.3. The van der Waals surface area contributed by atoms with E-state index in [0.717, 1.165) is 15.7 Å². The minimum atomic E-state index is -0.441. The number of esters is 1. The fourth-order valence-corrected chi connectivity index (χ4v) is 3.57. The minimum Gasteiger partial charge on any atom is -0.460 e. The lowest BCUT2D eigenvalue weighted by Gasteiger charge is -2.11. The van der Waals surface area contributed by atoms with Crippen molar-refractivity contribution in [2.45, 2.75) is 13.0 Å². The fraction of sp³-hybridized carbons (Fsp3) is 0.217. The Balaban J connectivity index is 1.50. The molecule has 31 heavy (non-hydrogen) atoms. The van der Waals surface area contributed by atoms with Crippen LogP contribution in [0.2, 0.25) is 0 Å². The van der Waals surface area contributed by atoms with Crippen LogP contribution in [0.4, 0.5) is 0 Å². The third kappa shape index (κ3) is 3.92. The minimum absolute atomic E-state index is 0.0654. The molecular formula is C23H22N4O4. The summed E-state index contributed by atoms with van der Waals surface area (Å²) in [6, 6.07) is 17.3. The van der Waals surface area contributed by atoms with Gasteiger partial charge in [0.2, 0.25) is 0 Å². The van der Waals surface area contributed by atoms with Crippen LogP contribution in [0.1, 0.15) is 21.5 Å². The van der Waals surface area contributed by atoms with E-state index in [-0.39, 0.29) is 13.2 Å². The summed E-state index contributed by atoms with van der Waals surface area (Å²) in [6.07, 6.45) is 2.10. The maximum atomic E-state index is 12.7. The van der Waals surface area contributed by atoms with Crippen LogP contribution in [0.3, 0.4) is 0 Å². The maximum absolute atomic E-state index is 12.7. The van der Waals surface area contributed by atoms with Crippen molar-refractivity contribution in [3.8, 4) is 0 Å².